The lowest BCUT2D eigenvalue weighted by Crippen LogP contribution is -2.50. The van der Waals surface area contributed by atoms with E-state index in [0.29, 0.717) is 0 Å². The molecule has 0 spiro atoms. The first kappa shape index (κ1) is 11.1. The number of hydrogen-bond donors (Lipinski definition) is 1. The third kappa shape index (κ3) is 2.08. The summed E-state index contributed by atoms with van der Waals surface area (Å²) in [5.41, 5.74) is 4.06. The maximum Gasteiger partial charge on any atom is 0.309 e. The zero-order valence-electron chi connectivity index (χ0n) is 9.03. The lowest BCUT2D eigenvalue weighted by molar-refractivity contribution is -0.173. The number of carbonyl (C=O) groups is 3. The maximum atomic E-state index is 11.5. The number of amides is 1. The van der Waals surface area contributed by atoms with Gasteiger partial charge in [0.1, 0.15) is 5.78 Å². The minimum Gasteiger partial charge on any atom is -0.449 e. The fraction of sp³-hybridized carbons (Fsp3) is 0.727. The number of nitrogens with two attached hydrogens (primary N) is 1. The van der Waals surface area contributed by atoms with Crippen LogP contribution in [0.1, 0.15) is 38.5 Å². The molecule has 2 rings (SSSR count). The van der Waals surface area contributed by atoms with Crippen molar-refractivity contribution in [2.75, 3.05) is 0 Å². The van der Waals surface area contributed by atoms with Gasteiger partial charge in [-0.05, 0) is 12.8 Å². The molecule has 5 heteroatoms. The van der Waals surface area contributed by atoms with Crippen molar-refractivity contribution in [3.05, 3.63) is 0 Å². The first-order chi connectivity index (χ1) is 7.53. The minimum absolute atomic E-state index is 0.0612. The highest BCUT2D eigenvalue weighted by Crippen LogP contribution is 2.36. The van der Waals surface area contributed by atoms with Crippen molar-refractivity contribution >= 4 is 17.7 Å². The Morgan fingerprint density at radius 3 is 2.25 bits per heavy atom. The van der Waals surface area contributed by atoms with Crippen molar-refractivity contribution < 1.29 is 19.1 Å². The summed E-state index contributed by atoms with van der Waals surface area (Å²) in [7, 11) is 0. The number of rotatable bonds is 3. The van der Waals surface area contributed by atoms with Crippen LogP contribution in [0.3, 0.4) is 0 Å². The number of ketones is 1. The SMILES string of the molecule is NC(=O)C1(OC(=O)C2CC2)CCC(=O)CC1. The molecule has 5 nitrogen and oxygen atoms in total. The molecule has 0 heterocycles. The van der Waals surface area contributed by atoms with Crippen molar-refractivity contribution in [2.45, 2.75) is 44.1 Å². The van der Waals surface area contributed by atoms with E-state index in [1.54, 1.807) is 0 Å². The number of hydrogen-bond acceptors (Lipinski definition) is 4. The van der Waals surface area contributed by atoms with Crippen molar-refractivity contribution in [1.29, 1.82) is 0 Å². The van der Waals surface area contributed by atoms with Crippen LogP contribution in [0.2, 0.25) is 0 Å². The molecule has 0 atom stereocenters. The standard InChI is InChI=1S/C11H15NO4/c12-10(15)11(5-3-8(13)4-6-11)16-9(14)7-1-2-7/h7H,1-6H2,(H2,12,15). The Morgan fingerprint density at radius 2 is 1.81 bits per heavy atom. The quantitative estimate of drug-likeness (QED) is 0.700. The summed E-state index contributed by atoms with van der Waals surface area (Å²) in [5, 5.41) is 0. The lowest BCUT2D eigenvalue weighted by atomic mass is 9.83. The Kier molecular flexibility index (Phi) is 2.69. The first-order valence-corrected chi connectivity index (χ1v) is 5.58. The van der Waals surface area contributed by atoms with Crippen LogP contribution in [-0.2, 0) is 19.1 Å². The molecule has 0 aromatic rings. The van der Waals surface area contributed by atoms with Gasteiger partial charge in [0.25, 0.3) is 5.91 Å². The van der Waals surface area contributed by atoms with Crippen LogP contribution in [-0.4, -0.2) is 23.3 Å². The Bertz CT molecular complexity index is 336. The molecule has 2 saturated carbocycles. The molecule has 2 aliphatic rings. The second kappa shape index (κ2) is 3.88. The molecule has 0 unspecified atom stereocenters. The molecule has 0 saturated heterocycles. The van der Waals surface area contributed by atoms with Gasteiger partial charge in [-0.1, -0.05) is 0 Å². The van der Waals surface area contributed by atoms with E-state index in [9.17, 15) is 14.4 Å². The Morgan fingerprint density at radius 1 is 1.25 bits per heavy atom. The Labute approximate surface area is 93.3 Å². The molecule has 0 aromatic carbocycles. The average molecular weight is 225 g/mol. The van der Waals surface area contributed by atoms with Gasteiger partial charge in [-0.2, -0.15) is 0 Å². The highest BCUT2D eigenvalue weighted by Gasteiger charge is 2.46. The van der Waals surface area contributed by atoms with E-state index in [2.05, 4.69) is 0 Å². The van der Waals surface area contributed by atoms with Gasteiger partial charge in [0, 0.05) is 25.7 Å². The molecule has 2 N–H and O–H groups in total. The Balaban J connectivity index is 2.06. The van der Waals surface area contributed by atoms with Gasteiger partial charge in [0.05, 0.1) is 5.92 Å². The van der Waals surface area contributed by atoms with Crippen LogP contribution in [0.5, 0.6) is 0 Å². The van der Waals surface area contributed by atoms with E-state index in [1.807, 2.05) is 0 Å². The zero-order chi connectivity index (χ0) is 11.8. The molecule has 2 aliphatic carbocycles. The van der Waals surface area contributed by atoms with Crippen LogP contribution in [0.4, 0.5) is 0 Å². The third-order valence-electron chi connectivity index (χ3n) is 3.27. The summed E-state index contributed by atoms with van der Waals surface area (Å²) in [5.74, 6) is -0.935. The first-order valence-electron chi connectivity index (χ1n) is 5.58. The van der Waals surface area contributed by atoms with Gasteiger partial charge < -0.3 is 10.5 Å². The average Bonchev–Trinajstić information content (AvgIpc) is 3.04. The van der Waals surface area contributed by atoms with E-state index in [0.717, 1.165) is 12.8 Å². The molecule has 0 aliphatic heterocycles. The van der Waals surface area contributed by atoms with Crippen molar-refractivity contribution in [3.63, 3.8) is 0 Å². The van der Waals surface area contributed by atoms with Gasteiger partial charge in [0.2, 0.25) is 0 Å². The number of esters is 1. The zero-order valence-corrected chi connectivity index (χ0v) is 9.03. The molecule has 0 radical (unpaired) electrons. The minimum atomic E-state index is -1.23. The highest BCUT2D eigenvalue weighted by molar-refractivity contribution is 5.90. The summed E-state index contributed by atoms with van der Waals surface area (Å²) < 4.78 is 5.25. The van der Waals surface area contributed by atoms with Gasteiger partial charge in [-0.15, -0.1) is 0 Å². The monoisotopic (exact) mass is 225 g/mol. The summed E-state index contributed by atoms with van der Waals surface area (Å²) in [4.78, 5) is 34.1. The summed E-state index contributed by atoms with van der Waals surface area (Å²) in [6.07, 6.45) is 2.65. The predicted molar refractivity (Wildman–Crippen MR) is 54.2 cm³/mol. The van der Waals surface area contributed by atoms with Gasteiger partial charge >= 0.3 is 5.97 Å². The van der Waals surface area contributed by atoms with Crippen molar-refractivity contribution in [1.82, 2.24) is 0 Å². The molecule has 0 bridgehead atoms. The van der Waals surface area contributed by atoms with Crippen molar-refractivity contribution in [3.8, 4) is 0 Å². The van der Waals surface area contributed by atoms with Crippen LogP contribution in [0.25, 0.3) is 0 Å². The smallest absolute Gasteiger partial charge is 0.309 e. The Hall–Kier alpha value is -1.39. The lowest BCUT2D eigenvalue weighted by Gasteiger charge is -2.33. The van der Waals surface area contributed by atoms with E-state index >= 15 is 0 Å². The predicted octanol–water partition coefficient (Wildman–Crippen LogP) is 0.307. The van der Waals surface area contributed by atoms with E-state index in [-0.39, 0.29) is 43.4 Å². The second-order valence-corrected chi connectivity index (χ2v) is 4.59. The molecular formula is C11H15NO4. The van der Waals surface area contributed by atoms with Crippen LogP contribution < -0.4 is 5.73 Å². The maximum absolute atomic E-state index is 11.5. The molecule has 16 heavy (non-hydrogen) atoms. The molecule has 1 amide bonds. The van der Waals surface area contributed by atoms with Crippen LogP contribution >= 0.6 is 0 Å². The summed E-state index contributed by atoms with van der Waals surface area (Å²) in [6.45, 7) is 0. The fourth-order valence-electron chi connectivity index (χ4n) is 1.93. The van der Waals surface area contributed by atoms with Gasteiger partial charge in [-0.3, -0.25) is 14.4 Å². The molecule has 2 fully saturated rings. The van der Waals surface area contributed by atoms with Crippen LogP contribution in [0.15, 0.2) is 0 Å². The fourth-order valence-corrected chi connectivity index (χ4v) is 1.93. The van der Waals surface area contributed by atoms with Gasteiger partial charge in [0.15, 0.2) is 5.60 Å². The summed E-state index contributed by atoms with van der Waals surface area (Å²) in [6, 6.07) is 0. The molecule has 88 valence electrons. The number of primary amides is 1. The number of carbonyl (C=O) groups excluding carboxylic acids is 3. The number of ether oxygens (including phenoxy) is 1. The van der Waals surface area contributed by atoms with Crippen LogP contribution in [0, 0.1) is 5.92 Å². The summed E-state index contributed by atoms with van der Waals surface area (Å²) >= 11 is 0. The second-order valence-electron chi connectivity index (χ2n) is 4.59. The highest BCUT2D eigenvalue weighted by atomic mass is 16.6. The number of Topliss-reactive ketones (excluding diaryl/α,β-unsaturated/α-hetero) is 1. The van der Waals surface area contributed by atoms with E-state index in [1.165, 1.54) is 0 Å². The molecule has 0 aromatic heterocycles. The van der Waals surface area contributed by atoms with Gasteiger partial charge in [-0.25, -0.2) is 0 Å². The third-order valence-corrected chi connectivity index (χ3v) is 3.27. The normalized spacial score (nSPS) is 23.9. The largest absolute Gasteiger partial charge is 0.449 e. The molecular weight excluding hydrogens is 210 g/mol. The van der Waals surface area contributed by atoms with Crippen molar-refractivity contribution in [2.24, 2.45) is 11.7 Å². The van der Waals surface area contributed by atoms with E-state index in [4.69, 9.17) is 10.5 Å². The topological polar surface area (TPSA) is 86.5 Å². The van der Waals surface area contributed by atoms with E-state index < -0.39 is 11.5 Å².